The van der Waals surface area contributed by atoms with Gasteiger partial charge in [-0.2, -0.15) is 18.3 Å². The number of hydrogen-bond donors (Lipinski definition) is 2. The van der Waals surface area contributed by atoms with Crippen molar-refractivity contribution in [1.82, 2.24) is 25.3 Å². The maximum Gasteiger partial charge on any atom is 0.416 e. The lowest BCUT2D eigenvalue weighted by molar-refractivity contribution is -0.137. The number of amides is 2. The Kier molecular flexibility index (Phi) is 8.43. The molecule has 2 aliphatic rings. The quantitative estimate of drug-likeness (QED) is 0.292. The van der Waals surface area contributed by atoms with Gasteiger partial charge in [0.25, 0.3) is 11.8 Å². The molecule has 2 unspecified atom stereocenters. The van der Waals surface area contributed by atoms with Gasteiger partial charge in [-0.05, 0) is 55.0 Å². The van der Waals surface area contributed by atoms with Crippen molar-refractivity contribution in [3.63, 3.8) is 0 Å². The number of rotatable bonds is 7. The summed E-state index contributed by atoms with van der Waals surface area (Å²) in [7, 11) is 0. The van der Waals surface area contributed by atoms with Crippen LogP contribution in [-0.2, 0) is 17.5 Å². The van der Waals surface area contributed by atoms with Crippen LogP contribution >= 0.6 is 0 Å². The van der Waals surface area contributed by atoms with Gasteiger partial charge in [-0.3, -0.25) is 19.4 Å². The van der Waals surface area contributed by atoms with Crippen LogP contribution in [0.25, 0.3) is 5.69 Å². The molecule has 2 aliphatic heterocycles. The Hall–Kier alpha value is -4.55. The first kappa shape index (κ1) is 30.5. The highest BCUT2D eigenvalue weighted by atomic mass is 19.4. The first-order valence-corrected chi connectivity index (χ1v) is 14.8. The highest BCUT2D eigenvalue weighted by molar-refractivity contribution is 6.05. The van der Waals surface area contributed by atoms with Gasteiger partial charge in [0.05, 0.1) is 16.9 Å². The summed E-state index contributed by atoms with van der Waals surface area (Å²) in [6.07, 6.45) is -4.65. The fourth-order valence-electron chi connectivity index (χ4n) is 6.11. The average Bonchev–Trinajstić information content (AvgIpc) is 3.40. The van der Waals surface area contributed by atoms with Gasteiger partial charge in [0.15, 0.2) is 0 Å². The van der Waals surface area contributed by atoms with Crippen molar-refractivity contribution < 1.29 is 27.2 Å². The molecule has 3 aromatic carbocycles. The number of aromatic nitrogens is 2. The number of benzene rings is 3. The number of nitrogens with one attached hydrogen (secondary N) is 2. The maximum absolute atomic E-state index is 14.3. The van der Waals surface area contributed by atoms with Crippen LogP contribution in [-0.4, -0.2) is 65.3 Å². The molecule has 1 aromatic heterocycles. The molecule has 234 valence electrons. The standard InChI is InChI=1S/C33H32F4N6O2/c1-2-42-31-28(26(20-41-17-15-38-16-18-41)40-43(31)25-9-4-3-5-10-25)27(21-11-13-24(34)14-12-21)29(32(42)45)39-30(44)22-7-6-8-23(19-22)33(35,36)37/h3-14,19,27,29,38H,2,15-18,20H2,1H3,(H,39,44). The smallest absolute Gasteiger partial charge is 0.339 e. The van der Waals surface area contributed by atoms with Gasteiger partial charge >= 0.3 is 6.18 Å². The van der Waals surface area contributed by atoms with E-state index < -0.39 is 41.3 Å². The fourth-order valence-corrected chi connectivity index (χ4v) is 6.11. The number of alkyl halides is 3. The number of hydrogen-bond acceptors (Lipinski definition) is 5. The normalized spacial score (nSPS) is 19.0. The highest BCUT2D eigenvalue weighted by Gasteiger charge is 2.46. The SMILES string of the molecule is CCN1C(=O)C(NC(=O)c2cccc(C(F)(F)F)c2)C(c2ccc(F)cc2)c2c(CN3CCNCC3)nn(-c3ccccc3)c21. The molecule has 4 aromatic rings. The van der Waals surface area contributed by atoms with Gasteiger partial charge in [0.2, 0.25) is 0 Å². The second kappa shape index (κ2) is 12.4. The first-order valence-electron chi connectivity index (χ1n) is 14.8. The molecule has 3 heterocycles. The molecule has 12 heteroatoms. The molecule has 2 amide bonds. The minimum Gasteiger partial charge on any atom is -0.339 e. The molecule has 0 spiro atoms. The predicted octanol–water partition coefficient (Wildman–Crippen LogP) is 4.73. The van der Waals surface area contributed by atoms with Crippen LogP contribution in [0.1, 0.15) is 45.6 Å². The molecule has 0 aliphatic carbocycles. The van der Waals surface area contributed by atoms with Crippen molar-refractivity contribution in [2.75, 3.05) is 37.6 Å². The van der Waals surface area contributed by atoms with Crippen molar-refractivity contribution in [3.8, 4) is 5.69 Å². The van der Waals surface area contributed by atoms with E-state index in [0.29, 0.717) is 29.2 Å². The maximum atomic E-state index is 14.3. The minimum atomic E-state index is -4.65. The molecule has 1 saturated heterocycles. The summed E-state index contributed by atoms with van der Waals surface area (Å²) in [6.45, 7) is 5.67. The lowest BCUT2D eigenvalue weighted by atomic mass is 9.80. The largest absolute Gasteiger partial charge is 0.416 e. The van der Waals surface area contributed by atoms with E-state index in [-0.39, 0.29) is 12.1 Å². The Morgan fingerprint density at radius 1 is 1.00 bits per heavy atom. The number of para-hydroxylation sites is 1. The molecule has 6 rings (SSSR count). The van der Waals surface area contributed by atoms with Crippen LogP contribution in [0.2, 0.25) is 0 Å². The van der Waals surface area contributed by atoms with Gasteiger partial charge in [-0.15, -0.1) is 0 Å². The molecule has 0 bridgehead atoms. The van der Waals surface area contributed by atoms with Crippen LogP contribution in [0.3, 0.4) is 0 Å². The third-order valence-corrected chi connectivity index (χ3v) is 8.27. The van der Waals surface area contributed by atoms with E-state index in [2.05, 4.69) is 15.5 Å². The lowest BCUT2D eigenvalue weighted by Gasteiger charge is -2.39. The zero-order valence-corrected chi connectivity index (χ0v) is 24.5. The molecule has 0 saturated carbocycles. The molecule has 8 nitrogen and oxygen atoms in total. The number of likely N-dealkylation sites (N-methyl/N-ethyl adjacent to an activating group) is 1. The number of fused-ring (bicyclic) bond motifs is 1. The monoisotopic (exact) mass is 620 g/mol. The van der Waals surface area contributed by atoms with Crippen molar-refractivity contribution in [2.24, 2.45) is 0 Å². The van der Waals surface area contributed by atoms with Crippen molar-refractivity contribution in [2.45, 2.75) is 31.6 Å². The topological polar surface area (TPSA) is 82.5 Å². The predicted molar refractivity (Wildman–Crippen MR) is 161 cm³/mol. The van der Waals surface area contributed by atoms with E-state index in [1.807, 2.05) is 37.3 Å². The van der Waals surface area contributed by atoms with E-state index in [9.17, 15) is 27.2 Å². The van der Waals surface area contributed by atoms with Crippen molar-refractivity contribution >= 4 is 17.6 Å². The van der Waals surface area contributed by atoms with E-state index in [1.54, 1.807) is 21.7 Å². The van der Waals surface area contributed by atoms with Gasteiger partial charge < -0.3 is 10.6 Å². The third kappa shape index (κ3) is 6.07. The van der Waals surface area contributed by atoms with Gasteiger partial charge in [0.1, 0.15) is 17.7 Å². The number of nitrogens with zero attached hydrogens (tertiary/aromatic N) is 4. The Morgan fingerprint density at radius 3 is 2.38 bits per heavy atom. The zero-order valence-electron chi connectivity index (χ0n) is 24.5. The number of carbonyl (C=O) groups is 2. The molecular weight excluding hydrogens is 588 g/mol. The zero-order chi connectivity index (χ0) is 31.7. The van der Waals surface area contributed by atoms with Gasteiger partial charge in [-0.25, -0.2) is 9.07 Å². The Bertz CT molecular complexity index is 1680. The molecule has 2 atom stereocenters. The number of piperazine rings is 1. The van der Waals surface area contributed by atoms with Crippen molar-refractivity contribution in [1.29, 1.82) is 0 Å². The molecule has 1 fully saturated rings. The minimum absolute atomic E-state index is 0.231. The summed E-state index contributed by atoms with van der Waals surface area (Å²) in [5.74, 6) is -2.02. The summed E-state index contributed by atoms with van der Waals surface area (Å²) in [4.78, 5) is 31.7. The van der Waals surface area contributed by atoms with Crippen LogP contribution in [0.4, 0.5) is 23.4 Å². The number of halogens is 4. The molecule has 0 radical (unpaired) electrons. The molecular formula is C33H32F4N6O2. The summed E-state index contributed by atoms with van der Waals surface area (Å²) >= 11 is 0. The summed E-state index contributed by atoms with van der Waals surface area (Å²) in [5, 5.41) is 11.1. The second-order valence-electron chi connectivity index (χ2n) is 11.1. The number of anilines is 1. The van der Waals surface area contributed by atoms with Gasteiger partial charge in [-0.1, -0.05) is 36.4 Å². The molecule has 45 heavy (non-hydrogen) atoms. The lowest BCUT2D eigenvalue weighted by Crippen LogP contribution is -2.55. The summed E-state index contributed by atoms with van der Waals surface area (Å²) in [6, 6.07) is 18.0. The van der Waals surface area contributed by atoms with Crippen molar-refractivity contribution in [3.05, 3.63) is 113 Å². The van der Waals surface area contributed by atoms with Crippen LogP contribution in [0.5, 0.6) is 0 Å². The molecule has 2 N–H and O–H groups in total. The van der Waals surface area contributed by atoms with E-state index in [4.69, 9.17) is 5.10 Å². The second-order valence-corrected chi connectivity index (χ2v) is 11.1. The van der Waals surface area contributed by atoms with Crippen LogP contribution in [0.15, 0.2) is 78.9 Å². The van der Waals surface area contributed by atoms with Crippen LogP contribution in [0, 0.1) is 5.82 Å². The Balaban J connectivity index is 1.52. The van der Waals surface area contributed by atoms with E-state index in [0.717, 1.165) is 50.1 Å². The fraction of sp³-hybridized carbons (Fsp3) is 0.303. The van der Waals surface area contributed by atoms with Gasteiger partial charge in [0, 0.05) is 56.3 Å². The third-order valence-electron chi connectivity index (χ3n) is 8.27. The highest BCUT2D eigenvalue weighted by Crippen LogP contribution is 2.44. The summed E-state index contributed by atoms with van der Waals surface area (Å²) < 4.78 is 56.3. The number of carbonyl (C=O) groups excluding carboxylic acids is 2. The Morgan fingerprint density at radius 2 is 1.71 bits per heavy atom. The van der Waals surface area contributed by atoms with E-state index >= 15 is 0 Å². The first-order chi connectivity index (χ1) is 21.7. The Labute approximate surface area is 257 Å². The summed E-state index contributed by atoms with van der Waals surface area (Å²) in [5.41, 5.74) is 1.47. The van der Waals surface area contributed by atoms with E-state index in [1.165, 1.54) is 18.2 Å². The average molecular weight is 621 g/mol. The van der Waals surface area contributed by atoms with Crippen LogP contribution < -0.4 is 15.5 Å².